The van der Waals surface area contributed by atoms with Crippen LogP contribution in [-0.4, -0.2) is 81.2 Å². The predicted molar refractivity (Wildman–Crippen MR) is 226 cm³/mol. The van der Waals surface area contributed by atoms with Crippen molar-refractivity contribution >= 4 is 11.9 Å². The van der Waals surface area contributed by atoms with Gasteiger partial charge in [0.15, 0.2) is 0 Å². The summed E-state index contributed by atoms with van der Waals surface area (Å²) < 4.78 is 17.2. The molecule has 2 heterocycles. The number of rotatable bonds is 16. The summed E-state index contributed by atoms with van der Waals surface area (Å²) in [5, 5.41) is 50.9. The summed E-state index contributed by atoms with van der Waals surface area (Å²) >= 11 is 0. The summed E-state index contributed by atoms with van der Waals surface area (Å²) in [4.78, 5) is 22.2. The fourth-order valence-corrected chi connectivity index (χ4v) is 8.92. The van der Waals surface area contributed by atoms with Crippen LogP contribution in [-0.2, 0) is 27.2 Å². The molecule has 0 radical (unpaired) electrons. The Morgan fingerprint density at radius 3 is 1.61 bits per heavy atom. The maximum Gasteiger partial charge on any atom is 0.305 e. The number of carbonyl (C=O) groups excluding carboxylic acids is 1. The molecule has 5 N–H and O–H groups in total. The Balaban J connectivity index is 0.000000224. The molecule has 2 unspecified atom stereocenters. The van der Waals surface area contributed by atoms with E-state index in [1.807, 2.05) is 56.3 Å². The largest absolute Gasteiger partial charge is 0.489 e. The molecule has 2 aliphatic carbocycles. The molecule has 0 amide bonds. The van der Waals surface area contributed by atoms with Crippen LogP contribution in [0, 0.1) is 47.4 Å². The molecule has 0 bridgehead atoms. The van der Waals surface area contributed by atoms with Gasteiger partial charge >= 0.3 is 11.9 Å². The Bertz CT molecular complexity index is 1930. The normalized spacial score (nSPS) is 26.6. The van der Waals surface area contributed by atoms with E-state index in [2.05, 4.69) is 29.7 Å². The number of hydrogen-bond acceptors (Lipinski definition) is 9. The minimum Gasteiger partial charge on any atom is -0.489 e. The SMILES string of the molecule is CC#CCC(C)[C@H](O)/C=C/[C@@H]1[C@H]2c3cccc(CCCC(=O)O)c3O[C@H]2C[C@H]1O.CC#CCC(C)[C@H](O)/C=C/[C@@H]1[C@H]2c3cccc(CCCC(=O)OC)c3O[C@H]2C[C@H]1O. The molecule has 6 rings (SSSR count). The number of aliphatic hydroxyl groups is 4. The van der Waals surface area contributed by atoms with E-state index in [4.69, 9.17) is 19.3 Å². The summed E-state index contributed by atoms with van der Waals surface area (Å²) in [6.45, 7) is 7.52. The number of carbonyl (C=O) groups is 2. The van der Waals surface area contributed by atoms with E-state index in [0.717, 1.165) is 40.2 Å². The minimum atomic E-state index is -0.790. The number of methoxy groups -OCH3 is 1. The topological polar surface area (TPSA) is 163 Å². The Morgan fingerprint density at radius 1 is 0.763 bits per heavy atom. The van der Waals surface area contributed by atoms with Crippen LogP contribution in [0.3, 0.4) is 0 Å². The second kappa shape index (κ2) is 21.6. The van der Waals surface area contributed by atoms with Crippen LogP contribution < -0.4 is 9.47 Å². The molecule has 2 aliphatic heterocycles. The highest BCUT2D eigenvalue weighted by Crippen LogP contribution is 2.53. The third-order valence-corrected chi connectivity index (χ3v) is 12.3. The first-order chi connectivity index (χ1) is 28.4. The summed E-state index contributed by atoms with van der Waals surface area (Å²) in [5.74, 6) is 12.4. The zero-order valence-electron chi connectivity index (χ0n) is 35.1. The highest BCUT2D eigenvalue weighted by atomic mass is 16.5. The minimum absolute atomic E-state index is 0.0287. The molecular weight excluding hydrogens is 749 g/mol. The van der Waals surface area contributed by atoms with Crippen molar-refractivity contribution in [2.45, 2.75) is 140 Å². The molecular formula is C49H62O10. The molecule has 0 spiro atoms. The number of carboxylic acids is 1. The third kappa shape index (κ3) is 11.4. The maximum atomic E-state index is 11.4. The molecule has 10 nitrogen and oxygen atoms in total. The molecule has 59 heavy (non-hydrogen) atoms. The zero-order valence-corrected chi connectivity index (χ0v) is 35.1. The summed E-state index contributed by atoms with van der Waals surface area (Å²) in [7, 11) is 1.40. The van der Waals surface area contributed by atoms with Crippen molar-refractivity contribution in [3.63, 3.8) is 0 Å². The van der Waals surface area contributed by atoms with Crippen molar-refractivity contribution in [2.75, 3.05) is 7.11 Å². The first kappa shape index (κ1) is 45.5. The van der Waals surface area contributed by atoms with Crippen LogP contribution in [0.5, 0.6) is 11.5 Å². The molecule has 2 aromatic rings. The van der Waals surface area contributed by atoms with Crippen LogP contribution in [0.4, 0.5) is 0 Å². The van der Waals surface area contributed by atoms with E-state index < -0.39 is 30.4 Å². The molecule has 4 aliphatic rings. The van der Waals surface area contributed by atoms with Gasteiger partial charge in [0.2, 0.25) is 0 Å². The van der Waals surface area contributed by atoms with Crippen LogP contribution in [0.15, 0.2) is 60.7 Å². The highest BCUT2D eigenvalue weighted by Gasteiger charge is 2.50. The number of hydrogen-bond donors (Lipinski definition) is 5. The second-order valence-electron chi connectivity index (χ2n) is 16.4. The van der Waals surface area contributed by atoms with E-state index >= 15 is 0 Å². The van der Waals surface area contributed by atoms with Crippen molar-refractivity contribution in [2.24, 2.45) is 23.7 Å². The molecule has 2 aromatic carbocycles. The number of benzene rings is 2. The molecule has 10 heteroatoms. The van der Waals surface area contributed by atoms with E-state index in [1.54, 1.807) is 26.0 Å². The van der Waals surface area contributed by atoms with Crippen molar-refractivity contribution in [1.29, 1.82) is 0 Å². The van der Waals surface area contributed by atoms with Crippen LogP contribution in [0.1, 0.15) is 113 Å². The first-order valence-electron chi connectivity index (χ1n) is 21.1. The molecule has 2 saturated carbocycles. The number of aliphatic hydroxyl groups excluding tert-OH is 4. The lowest BCUT2D eigenvalue weighted by molar-refractivity contribution is -0.140. The molecule has 12 atom stereocenters. The van der Waals surface area contributed by atoms with Crippen LogP contribution >= 0.6 is 0 Å². The van der Waals surface area contributed by atoms with E-state index in [-0.39, 0.29) is 60.1 Å². The fourth-order valence-electron chi connectivity index (χ4n) is 8.92. The molecule has 2 fully saturated rings. The number of esters is 1. The lowest BCUT2D eigenvalue weighted by Gasteiger charge is -2.19. The third-order valence-electron chi connectivity index (χ3n) is 12.3. The molecule has 0 aromatic heterocycles. The van der Waals surface area contributed by atoms with Gasteiger partial charge in [-0.05, 0) is 62.5 Å². The Morgan fingerprint density at radius 2 is 1.20 bits per heavy atom. The average molecular weight is 811 g/mol. The van der Waals surface area contributed by atoms with Crippen molar-refractivity contribution in [1.82, 2.24) is 0 Å². The molecule has 0 saturated heterocycles. The standard InChI is InChI=1S/C25H32O5.C24H30O5/c1-4-5-8-16(2)20(26)14-13-18-21(27)15-22-24(18)19-11-6-9-17(25(19)30-22)10-7-12-23(28)29-3;1-3-4-7-15(2)19(25)13-12-17-20(26)14-21-23(17)18-10-5-8-16(24(18)29-21)9-6-11-22(27)28/h6,9,11,13-14,16,18,20-22,24,26-27H,7-8,10,12,15H2,1-3H3;5,8,10,12-13,15,17,19-21,23,25-26H,6-7,9,11,14H2,1-2H3,(H,27,28)/b14-13+;13-12+/t16?,18-,20+,21+,22-,24-;15?,17-,19+,20+,21-,23-/m00/s1. The quantitative estimate of drug-likeness (QED) is 0.0704. The smallest absolute Gasteiger partial charge is 0.305 e. The second-order valence-corrected chi connectivity index (χ2v) is 16.4. The maximum absolute atomic E-state index is 11.4. The lowest BCUT2D eigenvalue weighted by Crippen LogP contribution is -2.19. The van der Waals surface area contributed by atoms with Crippen molar-refractivity contribution < 1.29 is 49.3 Å². The van der Waals surface area contributed by atoms with Crippen molar-refractivity contribution in [3.05, 3.63) is 83.0 Å². The average Bonchev–Trinajstić information content (AvgIpc) is 3.94. The van der Waals surface area contributed by atoms with Gasteiger partial charge in [0.1, 0.15) is 23.7 Å². The lowest BCUT2D eigenvalue weighted by atomic mass is 9.86. The zero-order chi connectivity index (χ0) is 42.6. The predicted octanol–water partition coefficient (Wildman–Crippen LogP) is 6.66. The van der Waals surface area contributed by atoms with Crippen molar-refractivity contribution in [3.8, 4) is 35.2 Å². The van der Waals surface area contributed by atoms with Gasteiger partial charge in [-0.15, -0.1) is 23.7 Å². The number of ether oxygens (including phenoxy) is 3. The van der Waals surface area contributed by atoms with Gasteiger partial charge in [0.25, 0.3) is 0 Å². The summed E-state index contributed by atoms with van der Waals surface area (Å²) in [6, 6.07) is 12.1. The van der Waals surface area contributed by atoms with Gasteiger partial charge < -0.3 is 39.7 Å². The monoisotopic (exact) mass is 810 g/mol. The highest BCUT2D eigenvalue weighted by molar-refractivity contribution is 5.69. The number of fused-ring (bicyclic) bond motifs is 6. The van der Waals surface area contributed by atoms with E-state index in [1.165, 1.54) is 7.11 Å². The van der Waals surface area contributed by atoms with Gasteiger partial charge in [0.05, 0.1) is 31.5 Å². The van der Waals surface area contributed by atoms with Gasteiger partial charge in [-0.2, -0.15) is 0 Å². The van der Waals surface area contributed by atoms with E-state index in [9.17, 15) is 30.0 Å². The first-order valence-corrected chi connectivity index (χ1v) is 21.1. The Labute approximate surface area is 349 Å². The summed E-state index contributed by atoms with van der Waals surface area (Å²) in [6.07, 6.45) is 10.7. The Hall–Kier alpha value is -4.58. The van der Waals surface area contributed by atoms with E-state index in [0.29, 0.717) is 51.4 Å². The van der Waals surface area contributed by atoms with Crippen LogP contribution in [0.2, 0.25) is 0 Å². The number of carboxylic acid groups (broad SMARTS) is 1. The number of para-hydroxylation sites is 2. The fraction of sp³-hybridized carbons (Fsp3) is 0.551. The van der Waals surface area contributed by atoms with Gasteiger partial charge in [0, 0.05) is 73.3 Å². The van der Waals surface area contributed by atoms with Crippen LogP contribution in [0.25, 0.3) is 0 Å². The Kier molecular flexibility index (Phi) is 16.7. The summed E-state index contributed by atoms with van der Waals surface area (Å²) in [5.41, 5.74) is 4.31. The molecule has 318 valence electrons. The van der Waals surface area contributed by atoms with Gasteiger partial charge in [-0.3, -0.25) is 9.59 Å². The number of aryl methyl sites for hydroxylation is 2. The number of aliphatic carboxylic acids is 1. The van der Waals surface area contributed by atoms with Gasteiger partial charge in [-0.1, -0.05) is 74.5 Å². The van der Waals surface area contributed by atoms with Gasteiger partial charge in [-0.25, -0.2) is 0 Å².